The monoisotopic (exact) mass is 337 g/mol. The summed E-state index contributed by atoms with van der Waals surface area (Å²) >= 11 is 0. The van der Waals surface area contributed by atoms with Crippen LogP contribution in [0.15, 0.2) is 57.7 Å². The van der Waals surface area contributed by atoms with Gasteiger partial charge in [-0.2, -0.15) is 0 Å². The third kappa shape index (κ3) is 3.40. The number of para-hydroxylation sites is 1. The summed E-state index contributed by atoms with van der Waals surface area (Å²) in [6, 6.07) is 13.5. The van der Waals surface area contributed by atoms with Gasteiger partial charge in [-0.25, -0.2) is 0 Å². The van der Waals surface area contributed by atoms with E-state index in [1.54, 1.807) is 31.4 Å². The van der Waals surface area contributed by atoms with Crippen LogP contribution in [0.2, 0.25) is 0 Å². The largest absolute Gasteiger partial charge is 0.496 e. The Morgan fingerprint density at radius 3 is 2.68 bits per heavy atom. The molecule has 0 bridgehead atoms. The predicted octanol–water partition coefficient (Wildman–Crippen LogP) is 3.60. The molecule has 1 heterocycles. The number of fused-ring (bicyclic) bond motifs is 1. The molecule has 1 atom stereocenters. The topological polar surface area (TPSA) is 68.5 Å². The summed E-state index contributed by atoms with van der Waals surface area (Å²) in [7, 11) is 1.59. The minimum absolute atomic E-state index is 0.0119. The van der Waals surface area contributed by atoms with Gasteiger partial charge in [-0.05, 0) is 32.0 Å². The fraction of sp³-hybridized carbons (Fsp3) is 0.200. The molecule has 0 fully saturated rings. The molecule has 1 amide bonds. The molecule has 0 spiro atoms. The van der Waals surface area contributed by atoms with E-state index in [0.717, 1.165) is 11.1 Å². The molecule has 0 aliphatic heterocycles. The first-order valence-corrected chi connectivity index (χ1v) is 7.98. The van der Waals surface area contributed by atoms with Crippen molar-refractivity contribution in [1.29, 1.82) is 0 Å². The van der Waals surface area contributed by atoms with Gasteiger partial charge in [0.1, 0.15) is 11.3 Å². The lowest BCUT2D eigenvalue weighted by Gasteiger charge is -2.17. The highest BCUT2D eigenvalue weighted by molar-refractivity contribution is 5.93. The Labute approximate surface area is 145 Å². The maximum Gasteiger partial charge on any atom is 0.287 e. The van der Waals surface area contributed by atoms with Crippen molar-refractivity contribution < 1.29 is 13.9 Å². The van der Waals surface area contributed by atoms with Crippen LogP contribution in [0.25, 0.3) is 11.0 Å². The predicted molar refractivity (Wildman–Crippen MR) is 96.1 cm³/mol. The van der Waals surface area contributed by atoms with Crippen LogP contribution in [-0.4, -0.2) is 13.0 Å². The second kappa shape index (κ2) is 6.81. The fourth-order valence-electron chi connectivity index (χ4n) is 2.75. The minimum atomic E-state index is -0.445. The van der Waals surface area contributed by atoms with E-state index in [4.69, 9.17) is 9.15 Å². The molecular weight excluding hydrogens is 318 g/mol. The summed E-state index contributed by atoms with van der Waals surface area (Å²) < 4.78 is 10.9. The van der Waals surface area contributed by atoms with Crippen LogP contribution in [0.5, 0.6) is 5.75 Å². The van der Waals surface area contributed by atoms with Crippen LogP contribution in [0.4, 0.5) is 0 Å². The maximum absolute atomic E-state index is 12.5. The second-order valence-electron chi connectivity index (χ2n) is 5.91. The van der Waals surface area contributed by atoms with Crippen LogP contribution in [0.1, 0.15) is 34.6 Å². The summed E-state index contributed by atoms with van der Waals surface area (Å²) in [5.41, 5.74) is 2.07. The number of aryl methyl sites for hydroxylation is 1. The number of carbonyl (C=O) groups excluding carboxylic acids is 1. The zero-order valence-corrected chi connectivity index (χ0v) is 14.3. The molecule has 5 nitrogen and oxygen atoms in total. The highest BCUT2D eigenvalue weighted by Crippen LogP contribution is 2.26. The Morgan fingerprint density at radius 2 is 1.92 bits per heavy atom. The zero-order valence-electron chi connectivity index (χ0n) is 14.3. The van der Waals surface area contributed by atoms with Gasteiger partial charge >= 0.3 is 0 Å². The van der Waals surface area contributed by atoms with Gasteiger partial charge in [0.2, 0.25) is 0 Å². The van der Waals surface area contributed by atoms with Crippen LogP contribution >= 0.6 is 0 Å². The molecule has 0 aliphatic carbocycles. The molecule has 25 heavy (non-hydrogen) atoms. The van der Waals surface area contributed by atoms with Gasteiger partial charge in [-0.1, -0.05) is 29.8 Å². The van der Waals surface area contributed by atoms with Crippen molar-refractivity contribution in [2.24, 2.45) is 0 Å². The Hall–Kier alpha value is -3.08. The van der Waals surface area contributed by atoms with E-state index in [1.807, 2.05) is 32.0 Å². The van der Waals surface area contributed by atoms with Gasteiger partial charge in [-0.3, -0.25) is 9.59 Å². The number of methoxy groups -OCH3 is 1. The number of benzene rings is 2. The Kier molecular flexibility index (Phi) is 4.57. The van der Waals surface area contributed by atoms with Gasteiger partial charge in [0.15, 0.2) is 11.2 Å². The van der Waals surface area contributed by atoms with E-state index in [-0.39, 0.29) is 17.2 Å². The van der Waals surface area contributed by atoms with Crippen LogP contribution in [-0.2, 0) is 0 Å². The lowest BCUT2D eigenvalue weighted by molar-refractivity contribution is 0.0912. The van der Waals surface area contributed by atoms with Crippen LogP contribution in [0.3, 0.4) is 0 Å². The number of hydrogen-bond acceptors (Lipinski definition) is 4. The van der Waals surface area contributed by atoms with Crippen LogP contribution < -0.4 is 15.5 Å². The zero-order chi connectivity index (χ0) is 18.0. The van der Waals surface area contributed by atoms with E-state index < -0.39 is 5.91 Å². The van der Waals surface area contributed by atoms with Gasteiger partial charge in [0, 0.05) is 11.6 Å². The Balaban J connectivity index is 1.90. The Bertz CT molecular complexity index is 990. The van der Waals surface area contributed by atoms with Gasteiger partial charge in [0.05, 0.1) is 18.5 Å². The number of nitrogens with one attached hydrogen (secondary N) is 1. The second-order valence-corrected chi connectivity index (χ2v) is 5.91. The number of ether oxygens (including phenoxy) is 1. The maximum atomic E-state index is 12.5. The molecule has 0 aliphatic rings. The third-order valence-corrected chi connectivity index (χ3v) is 4.06. The van der Waals surface area contributed by atoms with E-state index in [1.165, 1.54) is 6.07 Å². The number of rotatable bonds is 4. The van der Waals surface area contributed by atoms with E-state index >= 15 is 0 Å². The number of carbonyl (C=O) groups is 1. The summed E-state index contributed by atoms with van der Waals surface area (Å²) in [5, 5.41) is 3.31. The van der Waals surface area contributed by atoms with Gasteiger partial charge in [-0.15, -0.1) is 0 Å². The van der Waals surface area contributed by atoms with Crippen molar-refractivity contribution in [1.82, 2.24) is 5.32 Å². The SMILES string of the molecule is COc1ccc(C)cc1[C@H](C)NC(=O)c1cc(=O)c2ccccc2o1. The molecule has 1 N–H and O–H groups in total. The first-order valence-electron chi connectivity index (χ1n) is 7.98. The standard InChI is InChI=1S/C20H19NO4/c1-12-8-9-17(24-3)15(10-12)13(2)21-20(23)19-11-16(22)14-6-4-5-7-18(14)25-19/h4-11,13H,1-3H3,(H,21,23)/t13-/m0/s1. The molecule has 1 aromatic heterocycles. The van der Waals surface area contributed by atoms with Crippen molar-refractivity contribution in [3.05, 3.63) is 75.6 Å². The average molecular weight is 337 g/mol. The quantitative estimate of drug-likeness (QED) is 0.790. The molecule has 3 rings (SSSR count). The molecule has 0 saturated heterocycles. The third-order valence-electron chi connectivity index (χ3n) is 4.06. The van der Waals surface area contributed by atoms with Gasteiger partial charge < -0.3 is 14.5 Å². The fourth-order valence-corrected chi connectivity index (χ4v) is 2.75. The summed E-state index contributed by atoms with van der Waals surface area (Å²) in [6.07, 6.45) is 0. The van der Waals surface area contributed by atoms with Crippen molar-refractivity contribution >= 4 is 16.9 Å². The normalized spacial score (nSPS) is 12.0. The summed E-state index contributed by atoms with van der Waals surface area (Å²) in [4.78, 5) is 24.7. The number of amides is 1. The van der Waals surface area contributed by atoms with E-state index in [0.29, 0.717) is 16.7 Å². The molecule has 0 radical (unpaired) electrons. The van der Waals surface area contributed by atoms with E-state index in [9.17, 15) is 9.59 Å². The van der Waals surface area contributed by atoms with Crippen molar-refractivity contribution in [2.45, 2.75) is 19.9 Å². The summed E-state index contributed by atoms with van der Waals surface area (Å²) in [5.74, 6) is 0.236. The van der Waals surface area contributed by atoms with Crippen molar-refractivity contribution in [3.8, 4) is 5.75 Å². The van der Waals surface area contributed by atoms with E-state index in [2.05, 4.69) is 5.32 Å². The average Bonchev–Trinajstić information content (AvgIpc) is 2.61. The summed E-state index contributed by atoms with van der Waals surface area (Å²) in [6.45, 7) is 3.83. The first-order chi connectivity index (χ1) is 12.0. The van der Waals surface area contributed by atoms with Crippen molar-refractivity contribution in [2.75, 3.05) is 7.11 Å². The molecule has 3 aromatic rings. The molecule has 5 heteroatoms. The highest BCUT2D eigenvalue weighted by Gasteiger charge is 2.18. The lowest BCUT2D eigenvalue weighted by Crippen LogP contribution is -2.27. The molecular formula is C20H19NO4. The molecule has 0 saturated carbocycles. The lowest BCUT2D eigenvalue weighted by atomic mass is 10.0. The Morgan fingerprint density at radius 1 is 1.16 bits per heavy atom. The highest BCUT2D eigenvalue weighted by atomic mass is 16.5. The van der Waals surface area contributed by atoms with Crippen LogP contribution in [0, 0.1) is 6.92 Å². The molecule has 128 valence electrons. The number of hydrogen-bond donors (Lipinski definition) is 1. The van der Waals surface area contributed by atoms with Gasteiger partial charge in [0.25, 0.3) is 5.91 Å². The smallest absolute Gasteiger partial charge is 0.287 e. The molecule has 2 aromatic carbocycles. The first kappa shape index (κ1) is 16.8. The van der Waals surface area contributed by atoms with Crippen molar-refractivity contribution in [3.63, 3.8) is 0 Å². The molecule has 0 unspecified atom stereocenters. The minimum Gasteiger partial charge on any atom is -0.496 e.